The maximum Gasteiger partial charge on any atom is 0.223 e. The van der Waals surface area contributed by atoms with E-state index in [1.807, 2.05) is 4.90 Å². The zero-order valence-corrected chi connectivity index (χ0v) is 11.1. The van der Waals surface area contributed by atoms with Gasteiger partial charge in [0.05, 0.1) is 0 Å². The summed E-state index contributed by atoms with van der Waals surface area (Å²) in [7, 11) is 0. The summed E-state index contributed by atoms with van der Waals surface area (Å²) in [5.74, 6) is 1.14. The minimum atomic E-state index is 0.231. The Bertz CT molecular complexity index is 410. The Kier molecular flexibility index (Phi) is 3.72. The highest BCUT2D eigenvalue weighted by atomic mass is 35.5. The second-order valence-corrected chi connectivity index (χ2v) is 5.30. The van der Waals surface area contributed by atoms with Gasteiger partial charge in [0.2, 0.25) is 5.91 Å². The highest BCUT2D eigenvalue weighted by Crippen LogP contribution is 2.21. The largest absolute Gasteiger partial charge is 0.338 e. The second-order valence-electron chi connectivity index (χ2n) is 4.99. The fraction of sp³-hybridized carbons (Fsp3) is 0.500. The van der Waals surface area contributed by atoms with Crippen LogP contribution in [0.4, 0.5) is 0 Å². The summed E-state index contributed by atoms with van der Waals surface area (Å²) in [6.07, 6.45) is 0.605. The van der Waals surface area contributed by atoms with Gasteiger partial charge < -0.3 is 4.90 Å². The number of rotatable bonds is 3. The Morgan fingerprint density at radius 2 is 1.94 bits per heavy atom. The zero-order valence-electron chi connectivity index (χ0n) is 10.4. The molecule has 1 fully saturated rings. The van der Waals surface area contributed by atoms with Crippen molar-refractivity contribution < 1.29 is 4.79 Å². The van der Waals surface area contributed by atoms with Gasteiger partial charge in [-0.25, -0.2) is 0 Å². The fourth-order valence-corrected chi connectivity index (χ4v) is 2.70. The average Bonchev–Trinajstić information content (AvgIpc) is 2.58. The molecule has 1 atom stereocenters. The summed E-state index contributed by atoms with van der Waals surface area (Å²) in [4.78, 5) is 13.7. The molecule has 17 heavy (non-hydrogen) atoms. The Morgan fingerprint density at radius 3 is 2.47 bits per heavy atom. The molecule has 1 saturated heterocycles. The molecule has 0 bridgehead atoms. The zero-order chi connectivity index (χ0) is 12.4. The summed E-state index contributed by atoms with van der Waals surface area (Å²) >= 11 is 5.81. The Balaban J connectivity index is 2.08. The molecule has 0 N–H and O–H groups in total. The predicted molar refractivity (Wildman–Crippen MR) is 70.2 cm³/mol. The summed E-state index contributed by atoms with van der Waals surface area (Å²) in [6.45, 7) is 5.69. The smallest absolute Gasteiger partial charge is 0.223 e. The van der Waals surface area contributed by atoms with E-state index in [9.17, 15) is 4.79 Å². The molecule has 1 heterocycles. The van der Waals surface area contributed by atoms with E-state index >= 15 is 0 Å². The molecular formula is C14H18ClNO. The van der Waals surface area contributed by atoms with E-state index in [-0.39, 0.29) is 5.91 Å². The first-order valence-corrected chi connectivity index (χ1v) is 6.53. The molecule has 1 aromatic rings. The van der Waals surface area contributed by atoms with Gasteiger partial charge in [-0.2, -0.15) is 0 Å². The first-order chi connectivity index (χ1) is 8.08. The third-order valence-corrected chi connectivity index (χ3v) is 3.60. The Labute approximate surface area is 108 Å². The van der Waals surface area contributed by atoms with Gasteiger partial charge in [-0.15, -0.1) is 11.6 Å². The molecule has 1 amide bonds. The molecular weight excluding hydrogens is 234 g/mol. The lowest BCUT2D eigenvalue weighted by Gasteiger charge is -2.17. The Hall–Kier alpha value is -1.02. The molecule has 0 aliphatic carbocycles. The van der Waals surface area contributed by atoms with Crippen LogP contribution in [0.3, 0.4) is 0 Å². The van der Waals surface area contributed by atoms with Gasteiger partial charge in [0.25, 0.3) is 0 Å². The lowest BCUT2D eigenvalue weighted by Crippen LogP contribution is -2.24. The number of halogens is 1. The van der Waals surface area contributed by atoms with Gasteiger partial charge in [0.1, 0.15) is 0 Å². The van der Waals surface area contributed by atoms with Crippen LogP contribution in [-0.2, 0) is 11.3 Å². The van der Waals surface area contributed by atoms with E-state index in [4.69, 9.17) is 11.6 Å². The van der Waals surface area contributed by atoms with E-state index in [1.54, 1.807) is 0 Å². The van der Waals surface area contributed by atoms with Crippen molar-refractivity contribution in [2.24, 2.45) is 5.92 Å². The van der Waals surface area contributed by atoms with Crippen molar-refractivity contribution in [1.82, 2.24) is 4.90 Å². The van der Waals surface area contributed by atoms with E-state index in [0.29, 0.717) is 18.2 Å². The number of nitrogens with zero attached hydrogens (tertiary/aromatic N) is 1. The van der Waals surface area contributed by atoms with E-state index in [2.05, 4.69) is 32.0 Å². The average molecular weight is 252 g/mol. The molecule has 3 heteroatoms. The van der Waals surface area contributed by atoms with Crippen LogP contribution in [0.15, 0.2) is 18.2 Å². The van der Waals surface area contributed by atoms with Gasteiger partial charge in [-0.1, -0.05) is 29.3 Å². The van der Waals surface area contributed by atoms with Crippen molar-refractivity contribution in [2.75, 3.05) is 12.4 Å². The quantitative estimate of drug-likeness (QED) is 0.757. The van der Waals surface area contributed by atoms with Crippen LogP contribution in [-0.4, -0.2) is 23.2 Å². The van der Waals surface area contributed by atoms with Gasteiger partial charge in [0.15, 0.2) is 0 Å². The SMILES string of the molecule is Cc1cc(C)cc(CN2CC(CCl)CC2=O)c1. The van der Waals surface area contributed by atoms with Gasteiger partial charge >= 0.3 is 0 Å². The summed E-state index contributed by atoms with van der Waals surface area (Å²) in [5.41, 5.74) is 3.71. The van der Waals surface area contributed by atoms with Crippen molar-refractivity contribution >= 4 is 17.5 Å². The highest BCUT2D eigenvalue weighted by Gasteiger charge is 2.28. The summed E-state index contributed by atoms with van der Waals surface area (Å²) < 4.78 is 0. The van der Waals surface area contributed by atoms with Crippen molar-refractivity contribution in [3.8, 4) is 0 Å². The number of aryl methyl sites for hydroxylation is 2. The lowest BCUT2D eigenvalue weighted by molar-refractivity contribution is -0.128. The van der Waals surface area contributed by atoms with Crippen molar-refractivity contribution in [1.29, 1.82) is 0 Å². The summed E-state index contributed by atoms with van der Waals surface area (Å²) in [5, 5.41) is 0. The summed E-state index contributed by atoms with van der Waals surface area (Å²) in [6, 6.07) is 6.44. The minimum absolute atomic E-state index is 0.231. The normalized spacial score (nSPS) is 20.1. The van der Waals surface area contributed by atoms with Crippen LogP contribution < -0.4 is 0 Å². The van der Waals surface area contributed by atoms with Crippen molar-refractivity contribution in [2.45, 2.75) is 26.8 Å². The Morgan fingerprint density at radius 1 is 1.29 bits per heavy atom. The van der Waals surface area contributed by atoms with Crippen LogP contribution in [0.25, 0.3) is 0 Å². The lowest BCUT2D eigenvalue weighted by atomic mass is 10.1. The molecule has 2 nitrogen and oxygen atoms in total. The molecule has 1 unspecified atom stereocenters. The molecule has 92 valence electrons. The maximum absolute atomic E-state index is 11.8. The maximum atomic E-state index is 11.8. The highest BCUT2D eigenvalue weighted by molar-refractivity contribution is 6.18. The number of carbonyl (C=O) groups is 1. The van der Waals surface area contributed by atoms with Crippen molar-refractivity contribution in [3.05, 3.63) is 34.9 Å². The monoisotopic (exact) mass is 251 g/mol. The molecule has 0 spiro atoms. The van der Waals surface area contributed by atoms with Crippen molar-refractivity contribution in [3.63, 3.8) is 0 Å². The number of hydrogen-bond donors (Lipinski definition) is 0. The van der Waals surface area contributed by atoms with Crippen LogP contribution in [0.5, 0.6) is 0 Å². The van der Waals surface area contributed by atoms with Gasteiger partial charge in [-0.3, -0.25) is 4.79 Å². The molecule has 1 aliphatic rings. The first-order valence-electron chi connectivity index (χ1n) is 5.99. The third-order valence-electron chi connectivity index (χ3n) is 3.17. The number of benzene rings is 1. The third kappa shape index (κ3) is 3.01. The number of carbonyl (C=O) groups excluding carboxylic acids is 1. The van der Waals surface area contributed by atoms with Crippen LogP contribution in [0, 0.1) is 19.8 Å². The number of likely N-dealkylation sites (tertiary alicyclic amines) is 1. The number of amides is 1. The van der Waals surface area contributed by atoms with E-state index in [1.165, 1.54) is 16.7 Å². The topological polar surface area (TPSA) is 20.3 Å². The molecule has 0 saturated carbocycles. The number of alkyl halides is 1. The number of hydrogen-bond acceptors (Lipinski definition) is 1. The standard InChI is InChI=1S/C14H18ClNO/c1-10-3-11(2)5-12(4-10)8-16-9-13(7-15)6-14(16)17/h3-5,13H,6-9H2,1-2H3. The fourth-order valence-electron chi connectivity index (χ4n) is 2.49. The van der Waals surface area contributed by atoms with E-state index in [0.717, 1.165) is 13.1 Å². The molecule has 1 aliphatic heterocycles. The minimum Gasteiger partial charge on any atom is -0.338 e. The molecule has 0 aromatic heterocycles. The second kappa shape index (κ2) is 5.09. The molecule has 2 rings (SSSR count). The van der Waals surface area contributed by atoms with Gasteiger partial charge in [0, 0.05) is 25.4 Å². The molecule has 1 aromatic carbocycles. The van der Waals surface area contributed by atoms with Crippen LogP contribution >= 0.6 is 11.6 Å². The van der Waals surface area contributed by atoms with Crippen LogP contribution in [0.1, 0.15) is 23.1 Å². The predicted octanol–water partition coefficient (Wildman–Crippen LogP) is 2.89. The van der Waals surface area contributed by atoms with Gasteiger partial charge in [-0.05, 0) is 25.3 Å². The van der Waals surface area contributed by atoms with Crippen LogP contribution in [0.2, 0.25) is 0 Å². The van der Waals surface area contributed by atoms with E-state index < -0.39 is 0 Å². The molecule has 0 radical (unpaired) electrons. The first kappa shape index (κ1) is 12.4.